The maximum absolute atomic E-state index is 14.6. The Morgan fingerprint density at radius 2 is 1.94 bits per heavy atom. The SMILES string of the molecule is COC(CC(C(N)=O)c1ccc(N(C)[SH](=O)=O)c(F)c1)(c1ccc(C(F)(F)F)nc1)C1CC1. The maximum Gasteiger partial charge on any atom is 0.433 e. The summed E-state index contributed by atoms with van der Waals surface area (Å²) in [6, 6.07) is 5.75. The summed E-state index contributed by atoms with van der Waals surface area (Å²) in [4.78, 5) is 15.9. The molecule has 2 atom stereocenters. The molecule has 2 aromatic rings. The Hall–Kier alpha value is -2.73. The topological polar surface area (TPSA) is 103 Å². The molecule has 7 nitrogen and oxygen atoms in total. The van der Waals surface area contributed by atoms with Crippen LogP contribution in [0.25, 0.3) is 0 Å². The Balaban J connectivity index is 2.00. The van der Waals surface area contributed by atoms with Gasteiger partial charge in [-0.05, 0) is 48.9 Å². The smallest absolute Gasteiger partial charge is 0.373 e. The Morgan fingerprint density at radius 1 is 1.27 bits per heavy atom. The van der Waals surface area contributed by atoms with Crippen LogP contribution in [0.4, 0.5) is 23.2 Å². The first-order valence-corrected chi connectivity index (χ1v) is 11.1. The first kappa shape index (κ1) is 24.9. The maximum atomic E-state index is 14.6. The van der Waals surface area contributed by atoms with Crippen molar-refractivity contribution in [3.05, 3.63) is 59.2 Å². The van der Waals surface area contributed by atoms with Gasteiger partial charge in [-0.2, -0.15) is 13.2 Å². The predicted octanol–water partition coefficient (Wildman–Crippen LogP) is 3.11. The molecule has 180 valence electrons. The number of anilines is 1. The molecule has 1 fully saturated rings. The van der Waals surface area contributed by atoms with E-state index in [0.29, 0.717) is 5.56 Å². The fourth-order valence-electron chi connectivity index (χ4n) is 4.03. The number of hydrogen-bond acceptors (Lipinski definition) is 5. The van der Waals surface area contributed by atoms with Crippen molar-refractivity contribution in [3.63, 3.8) is 0 Å². The minimum absolute atomic E-state index is 0.0546. The van der Waals surface area contributed by atoms with E-state index in [1.54, 1.807) is 0 Å². The summed E-state index contributed by atoms with van der Waals surface area (Å²) >= 11 is 0. The van der Waals surface area contributed by atoms with E-state index in [-0.39, 0.29) is 23.6 Å². The fraction of sp³-hybridized carbons (Fsp3) is 0.429. The van der Waals surface area contributed by atoms with Crippen LogP contribution in [0.2, 0.25) is 0 Å². The van der Waals surface area contributed by atoms with Crippen LogP contribution < -0.4 is 10.0 Å². The molecule has 0 bridgehead atoms. The number of benzene rings is 1. The summed E-state index contributed by atoms with van der Waals surface area (Å²) in [6.45, 7) is 0. The number of nitrogens with two attached hydrogens (primary N) is 1. The van der Waals surface area contributed by atoms with Crippen LogP contribution in [0.1, 0.15) is 42.0 Å². The van der Waals surface area contributed by atoms with Crippen molar-refractivity contribution in [1.82, 2.24) is 4.98 Å². The standard InChI is InChI=1S/C21H23F4N3O4S/c1-28(33(30)31)17-7-3-12(9-16(17)22)15(19(26)29)10-20(32-2,13-4-5-13)14-6-8-18(27-11-14)21(23,24)25/h3,6-9,11,13,15,33H,4-5,10H2,1-2H3,(H2,26,29). The zero-order valence-corrected chi connectivity index (χ0v) is 18.7. The number of primary amides is 1. The number of rotatable bonds is 9. The second-order valence-corrected chi connectivity index (χ2v) is 9.00. The minimum Gasteiger partial charge on any atom is -0.373 e. The second-order valence-electron chi connectivity index (χ2n) is 7.93. The number of carbonyl (C=O) groups excluding carboxylic acids is 1. The van der Waals surface area contributed by atoms with Gasteiger partial charge < -0.3 is 10.5 Å². The van der Waals surface area contributed by atoms with Crippen LogP contribution >= 0.6 is 0 Å². The molecule has 33 heavy (non-hydrogen) atoms. The summed E-state index contributed by atoms with van der Waals surface area (Å²) < 4.78 is 82.3. The Morgan fingerprint density at radius 3 is 2.36 bits per heavy atom. The highest BCUT2D eigenvalue weighted by molar-refractivity contribution is 7.74. The first-order valence-electron chi connectivity index (χ1n) is 9.96. The number of pyridine rings is 1. The van der Waals surface area contributed by atoms with Crippen molar-refractivity contribution in [2.75, 3.05) is 18.5 Å². The van der Waals surface area contributed by atoms with Gasteiger partial charge in [0.25, 0.3) is 0 Å². The zero-order chi connectivity index (χ0) is 24.6. The Bertz CT molecular complexity index is 1100. The highest BCUT2D eigenvalue weighted by Gasteiger charge is 2.49. The van der Waals surface area contributed by atoms with Crippen LogP contribution in [0, 0.1) is 11.7 Å². The summed E-state index contributed by atoms with van der Waals surface area (Å²) in [6.07, 6.45) is -2.15. The molecule has 0 aliphatic heterocycles. The van der Waals surface area contributed by atoms with E-state index in [2.05, 4.69) is 4.98 Å². The number of hydrogen-bond donors (Lipinski definition) is 2. The highest BCUT2D eigenvalue weighted by atomic mass is 32.2. The number of amides is 1. The van der Waals surface area contributed by atoms with E-state index in [9.17, 15) is 30.8 Å². The molecule has 3 rings (SSSR count). The van der Waals surface area contributed by atoms with Gasteiger partial charge in [-0.25, -0.2) is 12.8 Å². The predicted molar refractivity (Wildman–Crippen MR) is 112 cm³/mol. The lowest BCUT2D eigenvalue weighted by atomic mass is 9.78. The quantitative estimate of drug-likeness (QED) is 0.416. The van der Waals surface area contributed by atoms with Crippen LogP contribution in [0.15, 0.2) is 36.5 Å². The summed E-state index contributed by atoms with van der Waals surface area (Å²) in [5, 5.41) is 0. The minimum atomic E-state index is -4.61. The van der Waals surface area contributed by atoms with E-state index in [1.165, 1.54) is 32.4 Å². The lowest BCUT2D eigenvalue weighted by Gasteiger charge is -2.36. The van der Waals surface area contributed by atoms with Gasteiger partial charge in [-0.3, -0.25) is 14.1 Å². The van der Waals surface area contributed by atoms with Gasteiger partial charge in [0.1, 0.15) is 11.5 Å². The van der Waals surface area contributed by atoms with Crippen molar-refractivity contribution < 1.29 is 35.5 Å². The molecular formula is C21H23F4N3O4S. The average molecular weight is 489 g/mol. The normalized spacial score (nSPS) is 16.9. The molecule has 1 aromatic heterocycles. The third kappa shape index (κ3) is 5.11. The number of nitrogens with zero attached hydrogens (tertiary/aromatic N) is 2. The van der Waals surface area contributed by atoms with Crippen LogP contribution in [0.3, 0.4) is 0 Å². The van der Waals surface area contributed by atoms with Crippen molar-refractivity contribution in [2.24, 2.45) is 11.7 Å². The largest absolute Gasteiger partial charge is 0.433 e. The summed E-state index contributed by atoms with van der Waals surface area (Å²) in [5.41, 5.74) is 3.74. The van der Waals surface area contributed by atoms with E-state index in [0.717, 1.165) is 35.5 Å². The van der Waals surface area contributed by atoms with Gasteiger partial charge in [-0.15, -0.1) is 0 Å². The number of ether oxygens (including phenoxy) is 1. The van der Waals surface area contributed by atoms with Crippen molar-refractivity contribution in [3.8, 4) is 0 Å². The molecule has 1 aliphatic rings. The Kier molecular flexibility index (Phi) is 6.99. The molecule has 1 saturated carbocycles. The zero-order valence-electron chi connectivity index (χ0n) is 17.8. The number of carbonyl (C=O) groups is 1. The van der Waals surface area contributed by atoms with E-state index in [1.807, 2.05) is 0 Å². The second kappa shape index (κ2) is 9.26. The summed E-state index contributed by atoms with van der Waals surface area (Å²) in [5.74, 6) is -2.80. The van der Waals surface area contributed by atoms with Gasteiger partial charge in [-0.1, -0.05) is 12.1 Å². The van der Waals surface area contributed by atoms with Crippen molar-refractivity contribution in [1.29, 1.82) is 0 Å². The van der Waals surface area contributed by atoms with Gasteiger partial charge in [0.15, 0.2) is 0 Å². The highest BCUT2D eigenvalue weighted by Crippen LogP contribution is 2.52. The number of methoxy groups -OCH3 is 1. The molecule has 1 heterocycles. The molecule has 1 amide bonds. The molecule has 0 spiro atoms. The lowest BCUT2D eigenvalue weighted by molar-refractivity contribution is -0.141. The average Bonchev–Trinajstić information content (AvgIpc) is 3.59. The molecule has 2 unspecified atom stereocenters. The van der Waals surface area contributed by atoms with Crippen LogP contribution in [0.5, 0.6) is 0 Å². The van der Waals surface area contributed by atoms with E-state index < -0.39 is 46.0 Å². The van der Waals surface area contributed by atoms with Gasteiger partial charge >= 0.3 is 6.18 Å². The van der Waals surface area contributed by atoms with E-state index >= 15 is 0 Å². The number of halogens is 4. The molecule has 2 N–H and O–H groups in total. The van der Waals surface area contributed by atoms with Gasteiger partial charge in [0, 0.05) is 25.9 Å². The van der Waals surface area contributed by atoms with Crippen LogP contribution in [-0.4, -0.2) is 33.5 Å². The molecule has 0 radical (unpaired) electrons. The van der Waals surface area contributed by atoms with Gasteiger partial charge in [0.05, 0.1) is 17.2 Å². The molecule has 1 aromatic carbocycles. The van der Waals surface area contributed by atoms with Gasteiger partial charge in [0.2, 0.25) is 16.8 Å². The molecular weight excluding hydrogens is 466 g/mol. The number of alkyl halides is 3. The molecule has 1 aliphatic carbocycles. The van der Waals surface area contributed by atoms with E-state index in [4.69, 9.17) is 10.5 Å². The fourth-order valence-corrected chi connectivity index (χ4v) is 4.36. The van der Waals surface area contributed by atoms with Crippen molar-refractivity contribution in [2.45, 2.75) is 37.0 Å². The summed E-state index contributed by atoms with van der Waals surface area (Å²) in [7, 11) is -0.501. The van der Waals surface area contributed by atoms with Crippen molar-refractivity contribution >= 4 is 22.5 Å². The number of thiol groups is 1. The Labute approximate surface area is 189 Å². The lowest BCUT2D eigenvalue weighted by Crippen LogP contribution is -2.37. The van der Waals surface area contributed by atoms with Crippen LogP contribution in [-0.2, 0) is 32.2 Å². The third-order valence-corrected chi connectivity index (χ3v) is 6.67. The molecule has 0 saturated heterocycles. The number of aromatic nitrogens is 1. The molecule has 12 heteroatoms. The first-order chi connectivity index (χ1) is 15.4. The third-order valence-electron chi connectivity index (χ3n) is 5.96. The monoisotopic (exact) mass is 489 g/mol.